The van der Waals surface area contributed by atoms with Crippen molar-refractivity contribution in [1.82, 2.24) is 5.32 Å². The molecule has 0 rings (SSSR count). The second kappa shape index (κ2) is 37.6. The van der Waals surface area contributed by atoms with Gasteiger partial charge in [0.1, 0.15) is 6.04 Å². The monoisotopic (exact) mass is 725 g/mol. The molecule has 300 valence electrons. The largest absolute Gasteiger partial charge is 0.481 e. The van der Waals surface area contributed by atoms with Crippen molar-refractivity contribution < 1.29 is 33.8 Å². The van der Waals surface area contributed by atoms with Gasteiger partial charge in [0.25, 0.3) is 0 Å². The third-order valence-corrected chi connectivity index (χ3v) is 9.75. The Bertz CT molecular complexity index is 838. The second-order valence-electron chi connectivity index (χ2n) is 14.7. The highest BCUT2D eigenvalue weighted by Crippen LogP contribution is 2.15. The maximum atomic E-state index is 12.9. The number of hydrogen-bond donors (Lipinski definition) is 3. The van der Waals surface area contributed by atoms with E-state index in [4.69, 9.17) is 20.3 Å². The SMILES string of the molecule is CCCCCCCCCCCCCCCCOC(=O)CC[C@H](NC(=O)[C@@H](N)CCC(=O)O)C(=O)OCCCCCCCCCCCCCCCC. The lowest BCUT2D eigenvalue weighted by Crippen LogP contribution is -2.49. The third kappa shape index (κ3) is 34.7. The van der Waals surface area contributed by atoms with Gasteiger partial charge in [-0.3, -0.25) is 14.4 Å². The number of carboxylic acids is 1. The van der Waals surface area contributed by atoms with E-state index in [0.29, 0.717) is 6.61 Å². The molecule has 0 radical (unpaired) electrons. The molecule has 0 aromatic carbocycles. The van der Waals surface area contributed by atoms with Crippen molar-refractivity contribution in [3.05, 3.63) is 0 Å². The number of nitrogens with one attached hydrogen (secondary N) is 1. The van der Waals surface area contributed by atoms with Crippen molar-refractivity contribution in [2.75, 3.05) is 13.2 Å². The van der Waals surface area contributed by atoms with Gasteiger partial charge in [0, 0.05) is 12.8 Å². The summed E-state index contributed by atoms with van der Waals surface area (Å²) in [4.78, 5) is 48.8. The Balaban J connectivity index is 4.22. The highest BCUT2D eigenvalue weighted by atomic mass is 16.5. The summed E-state index contributed by atoms with van der Waals surface area (Å²) in [6.45, 7) is 5.10. The molecular formula is C42H80N2O7. The van der Waals surface area contributed by atoms with Gasteiger partial charge in [0.2, 0.25) is 5.91 Å². The van der Waals surface area contributed by atoms with E-state index in [1.54, 1.807) is 0 Å². The Morgan fingerprint density at radius 2 is 0.863 bits per heavy atom. The van der Waals surface area contributed by atoms with Crippen LogP contribution < -0.4 is 11.1 Å². The Morgan fingerprint density at radius 1 is 0.510 bits per heavy atom. The lowest BCUT2D eigenvalue weighted by molar-refractivity contribution is -0.149. The maximum Gasteiger partial charge on any atom is 0.328 e. The molecule has 2 atom stereocenters. The molecule has 9 heteroatoms. The molecule has 0 bridgehead atoms. The van der Waals surface area contributed by atoms with Gasteiger partial charge in [0.05, 0.1) is 19.3 Å². The molecule has 0 aliphatic rings. The van der Waals surface area contributed by atoms with Gasteiger partial charge in [-0.15, -0.1) is 0 Å². The molecule has 0 fully saturated rings. The molecule has 0 aromatic rings. The first kappa shape index (κ1) is 48.8. The first-order valence-electron chi connectivity index (χ1n) is 21.4. The minimum atomic E-state index is -1.07. The maximum absolute atomic E-state index is 12.9. The van der Waals surface area contributed by atoms with Crippen molar-refractivity contribution in [2.45, 2.75) is 231 Å². The summed E-state index contributed by atoms with van der Waals surface area (Å²) >= 11 is 0. The van der Waals surface area contributed by atoms with Crippen LogP contribution in [0.25, 0.3) is 0 Å². The van der Waals surface area contributed by atoms with E-state index in [9.17, 15) is 19.2 Å². The van der Waals surface area contributed by atoms with Gasteiger partial charge in [-0.1, -0.05) is 181 Å². The van der Waals surface area contributed by atoms with Crippen molar-refractivity contribution >= 4 is 23.8 Å². The summed E-state index contributed by atoms with van der Waals surface area (Å²) in [5, 5.41) is 11.5. The number of esters is 2. The minimum absolute atomic E-state index is 0.0343. The van der Waals surface area contributed by atoms with Crippen LogP contribution in [0, 0.1) is 0 Å². The molecule has 0 unspecified atom stereocenters. The molecular weight excluding hydrogens is 644 g/mol. The first-order valence-corrected chi connectivity index (χ1v) is 21.4. The predicted octanol–water partition coefficient (Wildman–Crippen LogP) is 10.5. The van der Waals surface area contributed by atoms with Crippen molar-refractivity contribution in [1.29, 1.82) is 0 Å². The smallest absolute Gasteiger partial charge is 0.328 e. The highest BCUT2D eigenvalue weighted by Gasteiger charge is 2.26. The van der Waals surface area contributed by atoms with Gasteiger partial charge in [0.15, 0.2) is 0 Å². The summed E-state index contributed by atoms with van der Waals surface area (Å²) in [5.41, 5.74) is 5.86. The fraction of sp³-hybridized carbons (Fsp3) is 0.905. The van der Waals surface area contributed by atoms with E-state index in [1.807, 2.05) is 0 Å². The molecule has 0 saturated heterocycles. The van der Waals surface area contributed by atoms with Crippen LogP contribution in [0.2, 0.25) is 0 Å². The first-order chi connectivity index (χ1) is 24.8. The fourth-order valence-electron chi connectivity index (χ4n) is 6.32. The van der Waals surface area contributed by atoms with E-state index in [1.165, 1.54) is 141 Å². The number of ether oxygens (including phenoxy) is 2. The van der Waals surface area contributed by atoms with Crippen molar-refractivity contribution in [3.63, 3.8) is 0 Å². The van der Waals surface area contributed by atoms with Gasteiger partial charge < -0.3 is 25.6 Å². The fourth-order valence-corrected chi connectivity index (χ4v) is 6.32. The van der Waals surface area contributed by atoms with Crippen molar-refractivity contribution in [2.24, 2.45) is 5.73 Å². The van der Waals surface area contributed by atoms with E-state index in [2.05, 4.69) is 19.2 Å². The van der Waals surface area contributed by atoms with Crippen LogP contribution in [0.1, 0.15) is 219 Å². The Morgan fingerprint density at radius 3 is 1.24 bits per heavy atom. The molecule has 0 spiro atoms. The Kier molecular flexibility index (Phi) is 36.0. The average molecular weight is 725 g/mol. The van der Waals surface area contributed by atoms with E-state index in [0.717, 1.165) is 38.5 Å². The van der Waals surface area contributed by atoms with Gasteiger partial charge in [-0.2, -0.15) is 0 Å². The minimum Gasteiger partial charge on any atom is -0.481 e. The summed E-state index contributed by atoms with van der Waals surface area (Å²) in [6.07, 6.45) is 34.5. The number of aliphatic carboxylic acids is 1. The molecule has 51 heavy (non-hydrogen) atoms. The van der Waals surface area contributed by atoms with Crippen molar-refractivity contribution in [3.8, 4) is 0 Å². The number of rotatable bonds is 39. The molecule has 0 aromatic heterocycles. The second-order valence-corrected chi connectivity index (χ2v) is 14.7. The average Bonchev–Trinajstić information content (AvgIpc) is 3.11. The summed E-state index contributed by atoms with van der Waals surface area (Å²) in [7, 11) is 0. The van der Waals surface area contributed by atoms with Crippen LogP contribution in [0.5, 0.6) is 0 Å². The van der Waals surface area contributed by atoms with E-state index < -0.39 is 35.9 Å². The van der Waals surface area contributed by atoms with Gasteiger partial charge in [-0.05, 0) is 25.7 Å². The van der Waals surface area contributed by atoms with Crippen LogP contribution in [0.15, 0.2) is 0 Å². The van der Waals surface area contributed by atoms with Gasteiger partial charge in [-0.25, -0.2) is 4.79 Å². The summed E-state index contributed by atoms with van der Waals surface area (Å²) in [5.74, 6) is -2.71. The zero-order valence-corrected chi connectivity index (χ0v) is 33.2. The quantitative estimate of drug-likeness (QED) is 0.0419. The van der Waals surface area contributed by atoms with Crippen LogP contribution >= 0.6 is 0 Å². The van der Waals surface area contributed by atoms with Crippen LogP contribution in [-0.4, -0.2) is 54.2 Å². The Hall–Kier alpha value is -2.16. The third-order valence-electron chi connectivity index (χ3n) is 9.75. The van der Waals surface area contributed by atoms with E-state index in [-0.39, 0.29) is 32.3 Å². The van der Waals surface area contributed by atoms with Crippen LogP contribution in [-0.2, 0) is 28.7 Å². The number of carboxylic acid groups (broad SMARTS) is 1. The topological polar surface area (TPSA) is 145 Å². The number of nitrogens with two attached hydrogens (primary N) is 1. The zero-order valence-electron chi connectivity index (χ0n) is 33.2. The van der Waals surface area contributed by atoms with Crippen LogP contribution in [0.4, 0.5) is 0 Å². The molecule has 0 aliphatic carbocycles. The summed E-state index contributed by atoms with van der Waals surface area (Å²) < 4.78 is 10.9. The molecule has 0 saturated carbocycles. The number of amides is 1. The number of carbonyl (C=O) groups excluding carboxylic acids is 3. The van der Waals surface area contributed by atoms with Gasteiger partial charge >= 0.3 is 17.9 Å². The normalized spacial score (nSPS) is 12.4. The molecule has 1 amide bonds. The number of unbranched alkanes of at least 4 members (excludes halogenated alkanes) is 26. The standard InChI is InChI=1S/C42H80N2O7/c1-3-5-7-9-11-13-15-17-19-21-23-25-27-29-35-50-40(47)34-32-38(44-41(48)37(43)31-33-39(45)46)42(49)51-36-30-28-26-24-22-20-18-16-14-12-10-8-6-4-2/h37-38H,3-36,43H2,1-2H3,(H,44,48)(H,45,46)/t37-,38-/m0/s1. The lowest BCUT2D eigenvalue weighted by Gasteiger charge is -2.20. The zero-order chi connectivity index (χ0) is 37.6. The number of carbonyl (C=O) groups is 4. The summed E-state index contributed by atoms with van der Waals surface area (Å²) in [6, 6.07) is -2.12. The molecule has 4 N–H and O–H groups in total. The molecule has 0 heterocycles. The molecule has 9 nitrogen and oxygen atoms in total. The molecule has 0 aliphatic heterocycles. The Labute approximate surface area is 312 Å². The van der Waals surface area contributed by atoms with Crippen LogP contribution in [0.3, 0.4) is 0 Å². The predicted molar refractivity (Wildman–Crippen MR) is 209 cm³/mol. The van der Waals surface area contributed by atoms with E-state index >= 15 is 0 Å². The highest BCUT2D eigenvalue weighted by molar-refractivity contribution is 5.88. The number of hydrogen-bond acceptors (Lipinski definition) is 7. The lowest BCUT2D eigenvalue weighted by atomic mass is 10.0.